The highest BCUT2D eigenvalue weighted by atomic mass is 16.5. The fourth-order valence-corrected chi connectivity index (χ4v) is 4.38. The van der Waals surface area contributed by atoms with Crippen LogP contribution < -0.4 is 11.1 Å². The standard InChI is InChI=1S/C18H36N2O/c1-6-7-8-10-16(2,3)12-20-13-18(19)14-9-11-21-15(14)17(18,4)5/h14-15,20H,6-13,19H2,1-5H3. The molecule has 1 saturated heterocycles. The Hall–Kier alpha value is -0.120. The van der Waals surface area contributed by atoms with Crippen molar-refractivity contribution in [1.82, 2.24) is 5.32 Å². The Morgan fingerprint density at radius 2 is 2.00 bits per heavy atom. The molecule has 21 heavy (non-hydrogen) atoms. The van der Waals surface area contributed by atoms with E-state index in [-0.39, 0.29) is 11.0 Å². The Labute approximate surface area is 131 Å². The van der Waals surface area contributed by atoms with Crippen molar-refractivity contribution >= 4 is 0 Å². The van der Waals surface area contributed by atoms with Gasteiger partial charge in [0.1, 0.15) is 0 Å². The van der Waals surface area contributed by atoms with Gasteiger partial charge in [-0.15, -0.1) is 0 Å². The van der Waals surface area contributed by atoms with E-state index in [4.69, 9.17) is 10.5 Å². The quantitative estimate of drug-likeness (QED) is 0.675. The second-order valence-corrected chi connectivity index (χ2v) is 8.67. The maximum absolute atomic E-state index is 6.77. The van der Waals surface area contributed by atoms with E-state index in [2.05, 4.69) is 39.9 Å². The van der Waals surface area contributed by atoms with Crippen LogP contribution in [0.15, 0.2) is 0 Å². The average molecular weight is 296 g/mol. The fraction of sp³-hybridized carbons (Fsp3) is 1.00. The number of hydrogen-bond donors (Lipinski definition) is 2. The van der Waals surface area contributed by atoms with Crippen LogP contribution in [0.1, 0.15) is 66.7 Å². The van der Waals surface area contributed by atoms with E-state index in [9.17, 15) is 0 Å². The summed E-state index contributed by atoms with van der Waals surface area (Å²) in [7, 11) is 0. The number of unbranched alkanes of at least 4 members (excludes halogenated alkanes) is 2. The summed E-state index contributed by atoms with van der Waals surface area (Å²) < 4.78 is 5.87. The zero-order chi connectivity index (χ0) is 15.7. The molecule has 0 bridgehead atoms. The summed E-state index contributed by atoms with van der Waals surface area (Å²) >= 11 is 0. The normalized spacial score (nSPS) is 34.6. The van der Waals surface area contributed by atoms with Crippen LogP contribution >= 0.6 is 0 Å². The van der Waals surface area contributed by atoms with Crippen LogP contribution in [0.4, 0.5) is 0 Å². The lowest BCUT2D eigenvalue weighted by Gasteiger charge is -2.62. The monoisotopic (exact) mass is 296 g/mol. The van der Waals surface area contributed by atoms with Gasteiger partial charge in [-0.05, 0) is 18.3 Å². The minimum absolute atomic E-state index is 0.0908. The maximum Gasteiger partial charge on any atom is 0.0691 e. The SMILES string of the molecule is CCCCCC(C)(C)CNCC1(N)C2CCOC2C1(C)C. The summed E-state index contributed by atoms with van der Waals surface area (Å²) in [4.78, 5) is 0. The zero-order valence-corrected chi connectivity index (χ0v) is 14.8. The highest BCUT2D eigenvalue weighted by Gasteiger charge is 2.67. The molecule has 124 valence electrons. The molecule has 1 heterocycles. The third kappa shape index (κ3) is 3.16. The first-order valence-electron chi connectivity index (χ1n) is 8.86. The molecule has 3 unspecified atom stereocenters. The molecule has 0 radical (unpaired) electrons. The second-order valence-electron chi connectivity index (χ2n) is 8.67. The molecule has 2 aliphatic rings. The van der Waals surface area contributed by atoms with Gasteiger partial charge in [0.25, 0.3) is 0 Å². The highest BCUT2D eigenvalue weighted by Crippen LogP contribution is 2.57. The van der Waals surface area contributed by atoms with E-state index in [0.29, 0.717) is 17.4 Å². The van der Waals surface area contributed by atoms with E-state index < -0.39 is 0 Å². The summed E-state index contributed by atoms with van der Waals surface area (Å²) in [5, 5.41) is 3.68. The summed E-state index contributed by atoms with van der Waals surface area (Å²) in [6.07, 6.45) is 6.78. The number of hydrogen-bond acceptors (Lipinski definition) is 3. The minimum atomic E-state index is -0.104. The van der Waals surface area contributed by atoms with Gasteiger partial charge in [0, 0.05) is 36.6 Å². The fourth-order valence-electron chi connectivity index (χ4n) is 4.38. The first-order valence-corrected chi connectivity index (χ1v) is 8.86. The molecule has 3 nitrogen and oxygen atoms in total. The summed E-state index contributed by atoms with van der Waals surface area (Å²) in [5.41, 5.74) is 7.13. The molecule has 1 aliphatic carbocycles. The Balaban J connectivity index is 1.80. The molecule has 2 rings (SSSR count). The minimum Gasteiger partial charge on any atom is -0.377 e. The van der Waals surface area contributed by atoms with Crippen molar-refractivity contribution in [2.75, 3.05) is 19.7 Å². The molecule has 3 heteroatoms. The van der Waals surface area contributed by atoms with E-state index in [1.165, 1.54) is 25.7 Å². The Kier molecular flexibility index (Phi) is 5.07. The molecule has 0 aromatic carbocycles. The summed E-state index contributed by atoms with van der Waals surface area (Å²) in [6, 6.07) is 0. The van der Waals surface area contributed by atoms with Crippen molar-refractivity contribution in [2.45, 2.75) is 78.4 Å². The third-order valence-corrected chi connectivity index (χ3v) is 6.14. The van der Waals surface area contributed by atoms with Gasteiger partial charge in [-0.3, -0.25) is 0 Å². The average Bonchev–Trinajstić information content (AvgIpc) is 2.86. The van der Waals surface area contributed by atoms with Crippen LogP contribution in [0.3, 0.4) is 0 Å². The molecule has 0 aromatic heterocycles. The molecule has 0 amide bonds. The first kappa shape index (κ1) is 17.2. The van der Waals surface area contributed by atoms with E-state index in [0.717, 1.165) is 26.1 Å². The Morgan fingerprint density at radius 1 is 1.29 bits per heavy atom. The number of nitrogens with one attached hydrogen (secondary N) is 1. The van der Waals surface area contributed by atoms with Gasteiger partial charge in [-0.1, -0.05) is 53.9 Å². The molecule has 0 spiro atoms. The van der Waals surface area contributed by atoms with Gasteiger partial charge in [0.2, 0.25) is 0 Å². The summed E-state index contributed by atoms with van der Waals surface area (Å²) in [5.74, 6) is 0.545. The molecule has 2 fully saturated rings. The molecule has 0 aromatic rings. The maximum atomic E-state index is 6.77. The van der Waals surface area contributed by atoms with Gasteiger partial charge in [0.05, 0.1) is 6.10 Å². The lowest BCUT2D eigenvalue weighted by atomic mass is 9.48. The smallest absolute Gasteiger partial charge is 0.0691 e. The van der Waals surface area contributed by atoms with Crippen LogP contribution in [0.2, 0.25) is 0 Å². The van der Waals surface area contributed by atoms with Crippen molar-refractivity contribution < 1.29 is 4.74 Å². The van der Waals surface area contributed by atoms with Crippen molar-refractivity contribution in [2.24, 2.45) is 22.5 Å². The lowest BCUT2D eigenvalue weighted by Crippen LogP contribution is -2.78. The number of nitrogens with two attached hydrogens (primary N) is 1. The summed E-state index contributed by atoms with van der Waals surface area (Å²) in [6.45, 7) is 14.4. The third-order valence-electron chi connectivity index (χ3n) is 6.14. The number of ether oxygens (including phenoxy) is 1. The van der Waals surface area contributed by atoms with Crippen molar-refractivity contribution in [3.05, 3.63) is 0 Å². The second kappa shape index (κ2) is 6.17. The molecule has 3 atom stereocenters. The van der Waals surface area contributed by atoms with Gasteiger partial charge in [-0.2, -0.15) is 0 Å². The van der Waals surface area contributed by atoms with Crippen molar-refractivity contribution in [1.29, 1.82) is 0 Å². The predicted molar refractivity (Wildman–Crippen MR) is 89.3 cm³/mol. The van der Waals surface area contributed by atoms with Crippen molar-refractivity contribution in [3.8, 4) is 0 Å². The largest absolute Gasteiger partial charge is 0.377 e. The van der Waals surface area contributed by atoms with Crippen LogP contribution in [-0.2, 0) is 4.74 Å². The van der Waals surface area contributed by atoms with Crippen LogP contribution in [0.25, 0.3) is 0 Å². The van der Waals surface area contributed by atoms with Gasteiger partial charge < -0.3 is 15.8 Å². The van der Waals surface area contributed by atoms with Crippen LogP contribution in [-0.4, -0.2) is 31.3 Å². The first-order chi connectivity index (χ1) is 9.74. The van der Waals surface area contributed by atoms with E-state index in [1.807, 2.05) is 0 Å². The van der Waals surface area contributed by atoms with Gasteiger partial charge in [-0.25, -0.2) is 0 Å². The van der Waals surface area contributed by atoms with E-state index >= 15 is 0 Å². The predicted octanol–water partition coefficient (Wildman–Crippen LogP) is 3.32. The lowest BCUT2D eigenvalue weighted by molar-refractivity contribution is -0.153. The number of rotatable bonds is 8. The molecular weight excluding hydrogens is 260 g/mol. The van der Waals surface area contributed by atoms with Gasteiger partial charge in [0.15, 0.2) is 0 Å². The topological polar surface area (TPSA) is 47.3 Å². The van der Waals surface area contributed by atoms with Gasteiger partial charge >= 0.3 is 0 Å². The van der Waals surface area contributed by atoms with E-state index in [1.54, 1.807) is 0 Å². The highest BCUT2D eigenvalue weighted by molar-refractivity contribution is 5.21. The molecule has 3 N–H and O–H groups in total. The van der Waals surface area contributed by atoms with Crippen LogP contribution in [0.5, 0.6) is 0 Å². The number of fused-ring (bicyclic) bond motifs is 1. The Morgan fingerprint density at radius 3 is 2.67 bits per heavy atom. The molecular formula is C18H36N2O. The molecule has 1 aliphatic heterocycles. The van der Waals surface area contributed by atoms with Crippen molar-refractivity contribution in [3.63, 3.8) is 0 Å². The Bertz CT molecular complexity index is 353. The zero-order valence-electron chi connectivity index (χ0n) is 14.8. The molecule has 1 saturated carbocycles. The van der Waals surface area contributed by atoms with Crippen LogP contribution in [0, 0.1) is 16.7 Å².